The van der Waals surface area contributed by atoms with Crippen molar-refractivity contribution in [2.45, 2.75) is 38.6 Å². The Morgan fingerprint density at radius 1 is 1.47 bits per heavy atom. The van der Waals surface area contributed by atoms with E-state index in [-0.39, 0.29) is 5.97 Å². The number of esters is 1. The molecule has 92 valence electrons. The van der Waals surface area contributed by atoms with E-state index in [1.807, 2.05) is 0 Å². The molecule has 1 heterocycles. The quantitative estimate of drug-likeness (QED) is 0.683. The molecule has 2 aliphatic carbocycles. The molecular weight excluding hydrogens is 220 g/mol. The van der Waals surface area contributed by atoms with Crippen molar-refractivity contribution in [1.29, 1.82) is 0 Å². The highest BCUT2D eigenvalue weighted by molar-refractivity contribution is 5.71. The van der Waals surface area contributed by atoms with Crippen LogP contribution in [0.25, 0.3) is 0 Å². The Labute approximate surface area is 99.3 Å². The van der Waals surface area contributed by atoms with E-state index in [0.717, 1.165) is 5.92 Å². The number of tetrazole rings is 1. The van der Waals surface area contributed by atoms with E-state index < -0.39 is 0 Å². The summed E-state index contributed by atoms with van der Waals surface area (Å²) in [5.74, 6) is 0.733. The molecule has 0 N–H and O–H groups in total. The second kappa shape index (κ2) is 4.09. The van der Waals surface area contributed by atoms with Crippen LogP contribution in [0.4, 0.5) is 0 Å². The Hall–Kier alpha value is -1.46. The maximum absolute atomic E-state index is 11.7. The van der Waals surface area contributed by atoms with Gasteiger partial charge in [-0.3, -0.25) is 4.79 Å². The third-order valence-electron chi connectivity index (χ3n) is 3.81. The molecule has 0 unspecified atom stereocenters. The second-order valence-electron chi connectivity index (χ2n) is 5.11. The minimum atomic E-state index is -0.0672. The van der Waals surface area contributed by atoms with Gasteiger partial charge in [-0.15, -0.1) is 5.10 Å². The molecule has 0 radical (unpaired) electrons. The smallest absolute Gasteiger partial charge is 0.306 e. The maximum atomic E-state index is 11.7. The van der Waals surface area contributed by atoms with Gasteiger partial charge in [-0.2, -0.15) is 0 Å². The van der Waals surface area contributed by atoms with Crippen LogP contribution in [0.15, 0.2) is 6.33 Å². The third kappa shape index (κ3) is 2.45. The molecular formula is C11H16N4O2. The van der Waals surface area contributed by atoms with Crippen LogP contribution in [-0.2, 0) is 16.1 Å². The summed E-state index contributed by atoms with van der Waals surface area (Å²) >= 11 is 0. The van der Waals surface area contributed by atoms with Crippen LogP contribution in [0.5, 0.6) is 0 Å². The first-order valence-corrected chi connectivity index (χ1v) is 6.15. The van der Waals surface area contributed by atoms with E-state index in [9.17, 15) is 4.79 Å². The first-order valence-electron chi connectivity index (χ1n) is 6.15. The van der Waals surface area contributed by atoms with Crippen molar-refractivity contribution in [3.63, 3.8) is 0 Å². The molecule has 17 heavy (non-hydrogen) atoms. The van der Waals surface area contributed by atoms with Gasteiger partial charge in [-0.1, -0.05) is 0 Å². The van der Waals surface area contributed by atoms with Gasteiger partial charge in [0.2, 0.25) is 0 Å². The molecule has 6 heteroatoms. The Morgan fingerprint density at radius 2 is 2.29 bits per heavy atom. The fraction of sp³-hybridized carbons (Fsp3) is 0.818. The average molecular weight is 236 g/mol. The Balaban J connectivity index is 1.39. The minimum Gasteiger partial charge on any atom is -0.464 e. The highest BCUT2D eigenvalue weighted by Gasteiger charge is 2.54. The lowest BCUT2D eigenvalue weighted by atomic mass is 9.96. The SMILES string of the molecule is O=C(CC1(C2CC2)CC1)OCCn1cnnn1. The monoisotopic (exact) mass is 236 g/mol. The van der Waals surface area contributed by atoms with E-state index >= 15 is 0 Å². The van der Waals surface area contributed by atoms with Gasteiger partial charge < -0.3 is 4.74 Å². The van der Waals surface area contributed by atoms with E-state index in [1.54, 1.807) is 4.68 Å². The number of hydrogen-bond donors (Lipinski definition) is 0. The lowest BCUT2D eigenvalue weighted by molar-refractivity contribution is -0.145. The molecule has 1 aromatic rings. The van der Waals surface area contributed by atoms with Crippen LogP contribution in [-0.4, -0.2) is 32.8 Å². The van der Waals surface area contributed by atoms with Crippen molar-refractivity contribution < 1.29 is 9.53 Å². The molecule has 0 spiro atoms. The van der Waals surface area contributed by atoms with Gasteiger partial charge in [0.15, 0.2) is 0 Å². The molecule has 0 amide bonds. The zero-order chi connectivity index (χ0) is 11.7. The van der Waals surface area contributed by atoms with E-state index in [4.69, 9.17) is 4.74 Å². The van der Waals surface area contributed by atoms with Crippen molar-refractivity contribution in [2.24, 2.45) is 11.3 Å². The summed E-state index contributed by atoms with van der Waals surface area (Å²) in [6.07, 6.45) is 7.14. The molecule has 0 saturated heterocycles. The van der Waals surface area contributed by atoms with Crippen LogP contribution >= 0.6 is 0 Å². The van der Waals surface area contributed by atoms with Gasteiger partial charge in [0.05, 0.1) is 13.0 Å². The number of ether oxygens (including phenoxy) is 1. The Bertz CT molecular complexity index is 396. The van der Waals surface area contributed by atoms with Gasteiger partial charge in [0.1, 0.15) is 12.9 Å². The topological polar surface area (TPSA) is 69.9 Å². The van der Waals surface area contributed by atoms with Gasteiger partial charge in [-0.05, 0) is 47.4 Å². The number of aromatic nitrogens is 4. The van der Waals surface area contributed by atoms with Crippen molar-refractivity contribution >= 4 is 5.97 Å². The number of rotatable bonds is 6. The van der Waals surface area contributed by atoms with E-state index in [1.165, 1.54) is 32.0 Å². The van der Waals surface area contributed by atoms with Gasteiger partial charge >= 0.3 is 5.97 Å². The van der Waals surface area contributed by atoms with Gasteiger partial charge in [-0.25, -0.2) is 4.68 Å². The third-order valence-corrected chi connectivity index (χ3v) is 3.81. The van der Waals surface area contributed by atoms with Crippen LogP contribution in [0.3, 0.4) is 0 Å². The Morgan fingerprint density at radius 3 is 2.88 bits per heavy atom. The van der Waals surface area contributed by atoms with Crippen molar-refractivity contribution in [2.75, 3.05) is 6.61 Å². The molecule has 2 fully saturated rings. The van der Waals surface area contributed by atoms with Gasteiger partial charge in [0.25, 0.3) is 0 Å². The van der Waals surface area contributed by atoms with Crippen LogP contribution in [0, 0.1) is 11.3 Å². The standard InChI is InChI=1S/C11H16N4O2/c16-10(7-11(3-4-11)9-1-2-9)17-6-5-15-8-12-13-14-15/h8-9H,1-7H2. The fourth-order valence-corrected chi connectivity index (χ4v) is 2.46. The minimum absolute atomic E-state index is 0.0672. The number of hydrogen-bond acceptors (Lipinski definition) is 5. The van der Waals surface area contributed by atoms with Gasteiger partial charge in [0, 0.05) is 0 Å². The van der Waals surface area contributed by atoms with E-state index in [2.05, 4.69) is 15.5 Å². The second-order valence-corrected chi connectivity index (χ2v) is 5.11. The lowest BCUT2D eigenvalue weighted by Crippen LogP contribution is -2.16. The molecule has 6 nitrogen and oxygen atoms in total. The summed E-state index contributed by atoms with van der Waals surface area (Å²) < 4.78 is 6.77. The Kier molecular flexibility index (Phi) is 2.57. The predicted molar refractivity (Wildman–Crippen MR) is 57.8 cm³/mol. The molecule has 0 bridgehead atoms. The molecule has 2 saturated carbocycles. The molecule has 1 aromatic heterocycles. The lowest BCUT2D eigenvalue weighted by Gasteiger charge is -2.12. The highest BCUT2D eigenvalue weighted by atomic mass is 16.5. The van der Waals surface area contributed by atoms with Crippen molar-refractivity contribution in [3.8, 4) is 0 Å². The van der Waals surface area contributed by atoms with E-state index in [0.29, 0.717) is 25.0 Å². The van der Waals surface area contributed by atoms with Crippen LogP contribution in [0.2, 0.25) is 0 Å². The zero-order valence-corrected chi connectivity index (χ0v) is 9.71. The first-order chi connectivity index (χ1) is 8.28. The summed E-state index contributed by atoms with van der Waals surface area (Å²) in [5, 5.41) is 10.7. The number of carbonyl (C=O) groups is 1. The summed E-state index contributed by atoms with van der Waals surface area (Å²) in [6.45, 7) is 0.875. The summed E-state index contributed by atoms with van der Waals surface area (Å²) in [7, 11) is 0. The maximum Gasteiger partial charge on any atom is 0.306 e. The fourth-order valence-electron chi connectivity index (χ4n) is 2.46. The molecule has 2 aliphatic rings. The van der Waals surface area contributed by atoms with Crippen LogP contribution in [0.1, 0.15) is 32.1 Å². The number of nitrogens with zero attached hydrogens (tertiary/aromatic N) is 4. The predicted octanol–water partition coefficient (Wildman–Crippen LogP) is 0.797. The summed E-state index contributed by atoms with van der Waals surface area (Å²) in [4.78, 5) is 11.7. The highest BCUT2D eigenvalue weighted by Crippen LogP contribution is 2.63. The number of carbonyl (C=O) groups excluding carboxylic acids is 1. The first kappa shape index (κ1) is 10.7. The molecule has 0 atom stereocenters. The molecule has 3 rings (SSSR count). The van der Waals surface area contributed by atoms with Crippen molar-refractivity contribution in [3.05, 3.63) is 6.33 Å². The van der Waals surface area contributed by atoms with Crippen LogP contribution < -0.4 is 0 Å². The largest absolute Gasteiger partial charge is 0.464 e. The zero-order valence-electron chi connectivity index (χ0n) is 9.71. The molecule has 0 aliphatic heterocycles. The van der Waals surface area contributed by atoms with Crippen molar-refractivity contribution in [1.82, 2.24) is 20.2 Å². The average Bonchev–Trinajstić information content (AvgIpc) is 3.20. The normalized spacial score (nSPS) is 21.2. The summed E-state index contributed by atoms with van der Waals surface area (Å²) in [5.41, 5.74) is 0.325. The summed E-state index contributed by atoms with van der Waals surface area (Å²) in [6, 6.07) is 0. The molecule has 0 aromatic carbocycles.